The molecule has 1 aromatic carbocycles. The predicted molar refractivity (Wildman–Crippen MR) is 131 cm³/mol. The van der Waals surface area contributed by atoms with Gasteiger partial charge in [0.25, 0.3) is 0 Å². The Morgan fingerprint density at radius 2 is 1.56 bits per heavy atom. The number of hydrogen-bond donors (Lipinski definition) is 3. The molecule has 1 aliphatic rings. The molecule has 1 fully saturated rings. The third-order valence-corrected chi connectivity index (χ3v) is 7.93. The van der Waals surface area contributed by atoms with Crippen LogP contribution in [-0.4, -0.2) is 73.4 Å². The molecule has 0 spiro atoms. The minimum atomic E-state index is -3.53. The first-order valence-corrected chi connectivity index (χ1v) is 13.2. The van der Waals surface area contributed by atoms with Gasteiger partial charge in [0.1, 0.15) is 30.5 Å². The van der Waals surface area contributed by atoms with Crippen LogP contribution in [0.4, 0.5) is 4.79 Å². The average molecular weight is 527 g/mol. The molecular formula is C23H35N4O8P. The van der Waals surface area contributed by atoms with E-state index in [1.165, 1.54) is 39.9 Å². The number of likely N-dealkylation sites (tertiary alicyclic amines) is 1. The first-order chi connectivity index (χ1) is 17.0. The number of nitrogens with zero attached hydrogens (tertiary/aromatic N) is 1. The number of benzene rings is 1. The Morgan fingerprint density at radius 3 is 2.17 bits per heavy atom. The van der Waals surface area contributed by atoms with E-state index in [0.29, 0.717) is 19.4 Å². The molecule has 0 bridgehead atoms. The minimum Gasteiger partial charge on any atom is -0.445 e. The normalized spacial score (nSPS) is 18.0. The van der Waals surface area contributed by atoms with Gasteiger partial charge in [0.05, 0.1) is 0 Å². The van der Waals surface area contributed by atoms with E-state index in [9.17, 15) is 23.7 Å². The van der Waals surface area contributed by atoms with Gasteiger partial charge in [-0.15, -0.1) is 0 Å². The van der Waals surface area contributed by atoms with Gasteiger partial charge in [-0.3, -0.25) is 23.8 Å². The summed E-state index contributed by atoms with van der Waals surface area (Å²) in [5.74, 6) is -2.63. The Balaban J connectivity index is 1.86. The zero-order valence-electron chi connectivity index (χ0n) is 21.2. The topological polar surface area (TPSA) is 152 Å². The second-order valence-electron chi connectivity index (χ2n) is 8.44. The number of amides is 4. The summed E-state index contributed by atoms with van der Waals surface area (Å²) in [6.45, 7) is 4.83. The maximum atomic E-state index is 12.8. The Morgan fingerprint density at radius 1 is 0.972 bits per heavy atom. The molecule has 0 aliphatic carbocycles. The van der Waals surface area contributed by atoms with Gasteiger partial charge in [0.2, 0.25) is 17.7 Å². The molecule has 4 atom stereocenters. The van der Waals surface area contributed by atoms with Crippen molar-refractivity contribution in [3.8, 4) is 0 Å². The number of hydrogen-bond acceptors (Lipinski definition) is 8. The van der Waals surface area contributed by atoms with Gasteiger partial charge >= 0.3 is 13.7 Å². The van der Waals surface area contributed by atoms with E-state index in [-0.39, 0.29) is 6.61 Å². The van der Waals surface area contributed by atoms with Crippen LogP contribution in [0.25, 0.3) is 0 Å². The summed E-state index contributed by atoms with van der Waals surface area (Å²) < 4.78 is 27.4. The fraction of sp³-hybridized carbons (Fsp3) is 0.565. The molecule has 3 N–H and O–H groups in total. The number of nitrogens with one attached hydrogen (secondary N) is 3. The summed E-state index contributed by atoms with van der Waals surface area (Å²) in [6, 6.07) is 6.47. The van der Waals surface area contributed by atoms with E-state index in [0.717, 1.165) is 5.56 Å². The summed E-state index contributed by atoms with van der Waals surface area (Å²) in [4.78, 5) is 51.7. The number of carbonyl (C=O) groups is 4. The fourth-order valence-electron chi connectivity index (χ4n) is 3.64. The van der Waals surface area contributed by atoms with Crippen molar-refractivity contribution in [1.29, 1.82) is 0 Å². The lowest BCUT2D eigenvalue weighted by atomic mass is 10.2. The molecule has 1 aliphatic heterocycles. The SMILES string of the molecule is COP(=O)(OC)[C@H](C)NC(=O)[C@H](C)NC(=O)[C@H](C)NC(=O)[C@@H]1CCCN1C(=O)OCc1ccccc1. The fourth-order valence-corrected chi connectivity index (χ4v) is 4.71. The van der Waals surface area contributed by atoms with Crippen molar-refractivity contribution >= 4 is 31.4 Å². The van der Waals surface area contributed by atoms with E-state index in [1.54, 1.807) is 0 Å². The molecule has 12 nitrogen and oxygen atoms in total. The molecule has 0 unspecified atom stereocenters. The Kier molecular flexibility index (Phi) is 10.9. The average Bonchev–Trinajstić information content (AvgIpc) is 3.37. The van der Waals surface area contributed by atoms with Gasteiger partial charge < -0.3 is 29.7 Å². The highest BCUT2D eigenvalue weighted by molar-refractivity contribution is 7.54. The maximum absolute atomic E-state index is 12.8. The number of carbonyl (C=O) groups excluding carboxylic acids is 4. The standard InChI is InChI=1S/C23H35N4O8P/c1-15(20(28)24-16(2)21(29)26-17(3)36(32,33-4)34-5)25-22(30)19-12-9-13-27(19)23(31)35-14-18-10-7-6-8-11-18/h6-8,10-11,15-17,19H,9,12-14H2,1-5H3,(H,24,28)(H,25,30)(H,26,29)/t15-,16-,17+,19-/m0/s1. The number of ether oxygens (including phenoxy) is 1. The van der Waals surface area contributed by atoms with E-state index in [1.807, 2.05) is 30.3 Å². The summed E-state index contributed by atoms with van der Waals surface area (Å²) in [5, 5.41) is 7.57. The molecule has 0 saturated carbocycles. The Labute approximate surface area is 210 Å². The third-order valence-electron chi connectivity index (χ3n) is 5.83. The van der Waals surface area contributed by atoms with Crippen molar-refractivity contribution in [3.05, 3.63) is 35.9 Å². The van der Waals surface area contributed by atoms with Crippen molar-refractivity contribution in [2.24, 2.45) is 0 Å². The first-order valence-electron chi connectivity index (χ1n) is 11.6. The second kappa shape index (κ2) is 13.4. The molecule has 36 heavy (non-hydrogen) atoms. The summed E-state index contributed by atoms with van der Waals surface area (Å²) in [5.41, 5.74) is 0.830. The van der Waals surface area contributed by atoms with E-state index < -0.39 is 55.3 Å². The Bertz CT molecular complexity index is 968. The smallest absolute Gasteiger partial charge is 0.410 e. The molecule has 0 aromatic heterocycles. The molecule has 0 radical (unpaired) electrons. The molecule has 200 valence electrons. The predicted octanol–water partition coefficient (Wildman–Crippen LogP) is 1.75. The Hall–Kier alpha value is -2.95. The van der Waals surface area contributed by atoms with E-state index in [2.05, 4.69) is 16.0 Å². The minimum absolute atomic E-state index is 0.0894. The van der Waals surface area contributed by atoms with Crippen molar-refractivity contribution in [1.82, 2.24) is 20.9 Å². The van der Waals surface area contributed by atoms with Crippen LogP contribution in [0.5, 0.6) is 0 Å². The van der Waals surface area contributed by atoms with Crippen molar-refractivity contribution in [3.63, 3.8) is 0 Å². The van der Waals surface area contributed by atoms with Gasteiger partial charge in [-0.2, -0.15) is 0 Å². The maximum Gasteiger partial charge on any atom is 0.410 e. The zero-order valence-corrected chi connectivity index (χ0v) is 22.1. The van der Waals surface area contributed by atoms with Crippen LogP contribution in [0.1, 0.15) is 39.2 Å². The monoisotopic (exact) mass is 526 g/mol. The zero-order chi connectivity index (χ0) is 26.9. The van der Waals surface area contributed by atoms with Crippen LogP contribution in [0.2, 0.25) is 0 Å². The van der Waals surface area contributed by atoms with Crippen molar-refractivity contribution in [2.75, 3.05) is 20.8 Å². The van der Waals surface area contributed by atoms with Gasteiger partial charge in [-0.05, 0) is 39.2 Å². The second-order valence-corrected chi connectivity index (χ2v) is 11.0. The summed E-state index contributed by atoms with van der Waals surface area (Å²) >= 11 is 0. The lowest BCUT2D eigenvalue weighted by Gasteiger charge is -2.26. The van der Waals surface area contributed by atoms with Crippen LogP contribution in [-0.2, 0) is 39.3 Å². The summed E-state index contributed by atoms with van der Waals surface area (Å²) in [6.07, 6.45) is 0.468. The van der Waals surface area contributed by atoms with Crippen molar-refractivity contribution < 1.29 is 37.5 Å². The molecule has 1 saturated heterocycles. The van der Waals surface area contributed by atoms with E-state index in [4.69, 9.17) is 13.8 Å². The van der Waals surface area contributed by atoms with Gasteiger partial charge in [0, 0.05) is 20.8 Å². The first kappa shape index (κ1) is 29.3. The summed E-state index contributed by atoms with van der Waals surface area (Å²) in [7, 11) is -1.12. The van der Waals surface area contributed by atoms with Crippen molar-refractivity contribution in [2.45, 2.75) is 64.1 Å². The lowest BCUT2D eigenvalue weighted by Crippen LogP contribution is -2.55. The molecule has 1 aromatic rings. The van der Waals surface area contributed by atoms with Crippen LogP contribution in [0, 0.1) is 0 Å². The molecule has 2 rings (SSSR count). The van der Waals surface area contributed by atoms with Crippen LogP contribution in [0.15, 0.2) is 30.3 Å². The third kappa shape index (κ3) is 7.78. The van der Waals surface area contributed by atoms with Crippen LogP contribution in [0.3, 0.4) is 0 Å². The van der Waals surface area contributed by atoms with Gasteiger partial charge in [-0.1, -0.05) is 30.3 Å². The highest BCUT2D eigenvalue weighted by atomic mass is 31.2. The van der Waals surface area contributed by atoms with Gasteiger partial charge in [0.15, 0.2) is 0 Å². The highest BCUT2D eigenvalue weighted by Crippen LogP contribution is 2.50. The highest BCUT2D eigenvalue weighted by Gasteiger charge is 2.37. The molecule has 4 amide bonds. The van der Waals surface area contributed by atoms with Gasteiger partial charge in [-0.25, -0.2) is 4.79 Å². The largest absolute Gasteiger partial charge is 0.445 e. The van der Waals surface area contributed by atoms with Crippen LogP contribution >= 0.6 is 7.60 Å². The molecular weight excluding hydrogens is 491 g/mol. The lowest BCUT2D eigenvalue weighted by molar-refractivity contribution is -0.132. The van der Waals surface area contributed by atoms with E-state index >= 15 is 0 Å². The van der Waals surface area contributed by atoms with Crippen LogP contribution < -0.4 is 16.0 Å². The quantitative estimate of drug-likeness (QED) is 0.369. The molecule has 13 heteroatoms. The number of rotatable bonds is 11. The molecule has 1 heterocycles.